The molecule has 5 rings (SSSR count). The van der Waals surface area contributed by atoms with Crippen molar-refractivity contribution in [3.63, 3.8) is 0 Å². The van der Waals surface area contributed by atoms with Gasteiger partial charge in [0.15, 0.2) is 0 Å². The van der Waals surface area contributed by atoms with E-state index in [0.29, 0.717) is 0 Å². The van der Waals surface area contributed by atoms with Crippen molar-refractivity contribution in [3.8, 4) is 5.69 Å². The lowest BCUT2D eigenvalue weighted by Gasteiger charge is -2.07. The smallest absolute Gasteiger partial charge is 0.0562 e. The van der Waals surface area contributed by atoms with Gasteiger partial charge in [-0.1, -0.05) is 49.1 Å². The van der Waals surface area contributed by atoms with Crippen molar-refractivity contribution in [1.29, 1.82) is 0 Å². The highest BCUT2D eigenvalue weighted by molar-refractivity contribution is 6.14. The first-order chi connectivity index (χ1) is 12.3. The molecule has 0 fully saturated rings. The molecule has 0 bridgehead atoms. The third-order valence-electron chi connectivity index (χ3n) is 5.05. The summed E-state index contributed by atoms with van der Waals surface area (Å²) >= 11 is 0. The monoisotopic (exact) mass is 322 g/mol. The van der Waals surface area contributed by atoms with Gasteiger partial charge in [0.05, 0.1) is 11.0 Å². The van der Waals surface area contributed by atoms with Crippen LogP contribution in [-0.4, -0.2) is 9.55 Å². The third kappa shape index (κ3) is 1.91. The van der Waals surface area contributed by atoms with Crippen LogP contribution in [0.15, 0.2) is 73.3 Å². The number of hydrogen-bond donors (Lipinski definition) is 1. The van der Waals surface area contributed by atoms with Crippen molar-refractivity contribution in [3.05, 3.63) is 84.6 Å². The molecule has 0 aliphatic carbocycles. The minimum Gasteiger partial charge on any atom is -0.358 e. The summed E-state index contributed by atoms with van der Waals surface area (Å²) in [5.74, 6) is 0. The number of aromatic amines is 1. The number of aromatic nitrogens is 2. The van der Waals surface area contributed by atoms with Gasteiger partial charge in [0.1, 0.15) is 0 Å². The van der Waals surface area contributed by atoms with E-state index in [9.17, 15) is 0 Å². The summed E-state index contributed by atoms with van der Waals surface area (Å²) in [5.41, 5.74) is 7.13. The number of rotatable bonds is 2. The van der Waals surface area contributed by atoms with E-state index in [-0.39, 0.29) is 0 Å². The number of fused-ring (bicyclic) bond motifs is 4. The molecule has 0 saturated carbocycles. The van der Waals surface area contributed by atoms with Gasteiger partial charge in [0.2, 0.25) is 0 Å². The lowest BCUT2D eigenvalue weighted by Crippen LogP contribution is -1.92. The molecule has 2 heterocycles. The number of H-pyrrole nitrogens is 1. The van der Waals surface area contributed by atoms with Crippen LogP contribution < -0.4 is 0 Å². The third-order valence-corrected chi connectivity index (χ3v) is 5.05. The fraction of sp³-hybridized carbons (Fsp3) is 0.0435. The van der Waals surface area contributed by atoms with Gasteiger partial charge in [-0.3, -0.25) is 0 Å². The van der Waals surface area contributed by atoms with Crippen LogP contribution in [0.3, 0.4) is 0 Å². The maximum absolute atomic E-state index is 3.98. The Morgan fingerprint density at radius 2 is 1.60 bits per heavy atom. The second kappa shape index (κ2) is 5.12. The summed E-state index contributed by atoms with van der Waals surface area (Å²) in [5, 5.41) is 3.78. The summed E-state index contributed by atoms with van der Waals surface area (Å²) in [7, 11) is 0. The fourth-order valence-corrected chi connectivity index (χ4v) is 3.93. The van der Waals surface area contributed by atoms with E-state index in [1.54, 1.807) is 0 Å². The van der Waals surface area contributed by atoms with E-state index in [2.05, 4.69) is 89.8 Å². The van der Waals surface area contributed by atoms with Gasteiger partial charge in [-0.25, -0.2) is 0 Å². The summed E-state index contributed by atoms with van der Waals surface area (Å²) in [6.07, 6.45) is 1.94. The van der Waals surface area contributed by atoms with Crippen molar-refractivity contribution < 1.29 is 0 Å². The highest BCUT2D eigenvalue weighted by Crippen LogP contribution is 2.36. The van der Waals surface area contributed by atoms with Crippen LogP contribution in [0.5, 0.6) is 0 Å². The van der Waals surface area contributed by atoms with Crippen molar-refractivity contribution in [2.45, 2.75) is 6.92 Å². The van der Waals surface area contributed by atoms with Gasteiger partial charge in [-0.2, -0.15) is 0 Å². The predicted molar refractivity (Wildman–Crippen MR) is 107 cm³/mol. The second-order valence-corrected chi connectivity index (χ2v) is 6.47. The molecule has 25 heavy (non-hydrogen) atoms. The first kappa shape index (κ1) is 14.1. The summed E-state index contributed by atoms with van der Waals surface area (Å²) in [6.45, 7) is 6.09. The lowest BCUT2D eigenvalue weighted by atomic mass is 10.1. The molecule has 0 spiro atoms. The number of para-hydroxylation sites is 2. The fourth-order valence-electron chi connectivity index (χ4n) is 3.93. The molecular formula is C23H18N2. The van der Waals surface area contributed by atoms with Crippen molar-refractivity contribution >= 4 is 38.8 Å². The van der Waals surface area contributed by atoms with Crippen LogP contribution in [0, 0.1) is 6.92 Å². The summed E-state index contributed by atoms with van der Waals surface area (Å²) in [6, 6.07) is 23.7. The predicted octanol–water partition coefficient (Wildman–Crippen LogP) is 6.22. The molecule has 0 aliphatic rings. The Morgan fingerprint density at radius 3 is 2.40 bits per heavy atom. The van der Waals surface area contributed by atoms with E-state index >= 15 is 0 Å². The second-order valence-electron chi connectivity index (χ2n) is 6.47. The van der Waals surface area contributed by atoms with Gasteiger partial charge in [-0.05, 0) is 37.3 Å². The Kier molecular flexibility index (Phi) is 2.89. The summed E-state index contributed by atoms with van der Waals surface area (Å²) < 4.78 is 2.34. The van der Waals surface area contributed by atoms with Crippen molar-refractivity contribution in [2.24, 2.45) is 0 Å². The highest BCUT2D eigenvalue weighted by Gasteiger charge is 2.15. The Balaban J connectivity index is 2.01. The number of nitrogens with one attached hydrogen (secondary N) is 1. The normalized spacial score (nSPS) is 11.6. The van der Waals surface area contributed by atoms with E-state index in [4.69, 9.17) is 0 Å². The van der Waals surface area contributed by atoms with Crippen LogP contribution in [0.4, 0.5) is 0 Å². The van der Waals surface area contributed by atoms with Crippen molar-refractivity contribution in [1.82, 2.24) is 9.55 Å². The van der Waals surface area contributed by atoms with Crippen molar-refractivity contribution in [2.75, 3.05) is 0 Å². The molecule has 0 unspecified atom stereocenters. The van der Waals surface area contributed by atoms with E-state index in [1.807, 2.05) is 6.08 Å². The Morgan fingerprint density at radius 1 is 0.840 bits per heavy atom. The average molecular weight is 322 g/mol. The average Bonchev–Trinajstić information content (AvgIpc) is 3.13. The van der Waals surface area contributed by atoms with Crippen LogP contribution in [0.25, 0.3) is 44.5 Å². The molecule has 2 heteroatoms. The largest absolute Gasteiger partial charge is 0.358 e. The molecule has 0 amide bonds. The van der Waals surface area contributed by atoms with Gasteiger partial charge < -0.3 is 9.55 Å². The van der Waals surface area contributed by atoms with Gasteiger partial charge >= 0.3 is 0 Å². The maximum atomic E-state index is 3.98. The SMILES string of the molecule is C=Cc1c(C)[nH]c2cc3c(cc12)c1ccccc1n3-c1ccccc1. The number of aryl methyl sites for hydroxylation is 1. The topological polar surface area (TPSA) is 20.7 Å². The molecule has 1 N–H and O–H groups in total. The van der Waals surface area contributed by atoms with Gasteiger partial charge in [0, 0.05) is 38.6 Å². The minimum atomic E-state index is 1.15. The van der Waals surface area contributed by atoms with E-state index < -0.39 is 0 Å². The highest BCUT2D eigenvalue weighted by atomic mass is 15.0. The first-order valence-electron chi connectivity index (χ1n) is 8.51. The molecular weight excluding hydrogens is 304 g/mol. The standard InChI is InChI=1S/C23H18N2/c1-3-17-15(2)24-21-14-23-20(13-19(17)21)18-11-7-8-12-22(18)25(23)16-9-5-4-6-10-16/h3-14,24H,1H2,2H3. The van der Waals surface area contributed by atoms with Crippen LogP contribution in [-0.2, 0) is 0 Å². The number of hydrogen-bond acceptors (Lipinski definition) is 0. The molecule has 0 radical (unpaired) electrons. The molecule has 3 aromatic carbocycles. The zero-order valence-corrected chi connectivity index (χ0v) is 14.1. The molecule has 120 valence electrons. The molecule has 0 atom stereocenters. The molecule has 2 nitrogen and oxygen atoms in total. The zero-order valence-electron chi connectivity index (χ0n) is 14.1. The number of benzene rings is 3. The first-order valence-corrected chi connectivity index (χ1v) is 8.51. The Bertz CT molecular complexity index is 1250. The minimum absolute atomic E-state index is 1.15. The van der Waals surface area contributed by atoms with Gasteiger partial charge in [-0.15, -0.1) is 0 Å². The van der Waals surface area contributed by atoms with E-state index in [1.165, 1.54) is 38.4 Å². The lowest BCUT2D eigenvalue weighted by molar-refractivity contribution is 1.18. The molecule has 5 aromatic rings. The molecule has 0 aliphatic heterocycles. The number of nitrogens with zero attached hydrogens (tertiary/aromatic N) is 1. The molecule has 2 aromatic heterocycles. The van der Waals surface area contributed by atoms with Crippen LogP contribution in [0.2, 0.25) is 0 Å². The Hall–Kier alpha value is -3.26. The Labute approximate surface area is 146 Å². The van der Waals surface area contributed by atoms with E-state index in [0.717, 1.165) is 11.2 Å². The zero-order chi connectivity index (χ0) is 17.0. The molecule has 0 saturated heterocycles. The maximum Gasteiger partial charge on any atom is 0.0562 e. The summed E-state index contributed by atoms with van der Waals surface area (Å²) in [4.78, 5) is 3.51. The van der Waals surface area contributed by atoms with Crippen LogP contribution in [0.1, 0.15) is 11.3 Å². The van der Waals surface area contributed by atoms with Gasteiger partial charge in [0.25, 0.3) is 0 Å². The quantitative estimate of drug-likeness (QED) is 0.398. The van der Waals surface area contributed by atoms with Crippen LogP contribution >= 0.6 is 0 Å².